The van der Waals surface area contributed by atoms with Crippen molar-refractivity contribution in [2.75, 3.05) is 44.6 Å². The Labute approximate surface area is 145 Å². The van der Waals surface area contributed by atoms with Crippen LogP contribution < -0.4 is 10.1 Å². The minimum atomic E-state index is -2.83. The van der Waals surface area contributed by atoms with Crippen molar-refractivity contribution in [2.45, 2.75) is 19.6 Å². The average molecular weight is 348 g/mol. The number of fused-ring (bicyclic) bond motifs is 4. The highest BCUT2D eigenvalue weighted by atomic mass is 19.3. The third kappa shape index (κ3) is 3.52. The van der Waals surface area contributed by atoms with E-state index in [2.05, 4.69) is 24.8 Å². The summed E-state index contributed by atoms with van der Waals surface area (Å²) in [6.45, 7) is 5.57. The monoisotopic (exact) mass is 348 g/mol. The molecule has 1 aromatic heterocycles. The molecule has 0 spiro atoms. The number of nitrogens with one attached hydrogen (secondary N) is 1. The molecule has 7 heteroatoms. The number of hydrogen-bond acceptors (Lipinski definition) is 5. The number of alkyl halides is 2. The molecule has 1 unspecified atom stereocenters. The zero-order valence-corrected chi connectivity index (χ0v) is 14.2. The molecule has 2 bridgehead atoms. The highest BCUT2D eigenvalue weighted by Crippen LogP contribution is 2.28. The van der Waals surface area contributed by atoms with E-state index < -0.39 is 6.61 Å². The van der Waals surface area contributed by atoms with E-state index in [0.717, 1.165) is 61.6 Å². The Bertz CT molecular complexity index is 762. The van der Waals surface area contributed by atoms with Gasteiger partial charge >= 0.3 is 6.61 Å². The molecule has 1 N–H and O–H groups in total. The second kappa shape index (κ2) is 6.72. The van der Waals surface area contributed by atoms with Crippen LogP contribution >= 0.6 is 0 Å². The molecule has 0 radical (unpaired) electrons. The summed E-state index contributed by atoms with van der Waals surface area (Å²) in [4.78, 5) is 9.51. The fraction of sp³-hybridized carbons (Fsp3) is 0.500. The Morgan fingerprint density at radius 3 is 2.72 bits per heavy atom. The van der Waals surface area contributed by atoms with E-state index in [1.807, 2.05) is 13.0 Å². The van der Waals surface area contributed by atoms with Gasteiger partial charge in [-0.15, -0.1) is 0 Å². The molecule has 3 aliphatic rings. The lowest BCUT2D eigenvalue weighted by Gasteiger charge is -2.47. The van der Waals surface area contributed by atoms with Crippen LogP contribution in [-0.4, -0.2) is 66.7 Å². The van der Waals surface area contributed by atoms with Crippen molar-refractivity contribution in [2.24, 2.45) is 0 Å². The second-order valence-electron chi connectivity index (χ2n) is 6.74. The summed E-state index contributed by atoms with van der Waals surface area (Å²) in [5.41, 5.74) is 2.59. The van der Waals surface area contributed by atoms with Gasteiger partial charge in [0, 0.05) is 62.1 Å². The maximum absolute atomic E-state index is 12.5. The summed E-state index contributed by atoms with van der Waals surface area (Å²) in [6, 6.07) is 7.33. The van der Waals surface area contributed by atoms with Gasteiger partial charge in [-0.25, -0.2) is 0 Å². The molecule has 0 amide bonds. The molecule has 5 rings (SSSR count). The van der Waals surface area contributed by atoms with Crippen LogP contribution in [-0.2, 0) is 0 Å². The number of nitrogens with zero attached hydrogens (tertiary/aromatic N) is 3. The zero-order chi connectivity index (χ0) is 17.4. The van der Waals surface area contributed by atoms with Crippen LogP contribution in [0.5, 0.6) is 5.75 Å². The molecule has 0 aliphatic carbocycles. The number of piperazine rings is 3. The molecule has 3 saturated heterocycles. The summed E-state index contributed by atoms with van der Waals surface area (Å²) < 4.78 is 29.5. The topological polar surface area (TPSA) is 40.6 Å². The van der Waals surface area contributed by atoms with Crippen molar-refractivity contribution in [1.29, 1.82) is 0 Å². The number of anilines is 1. The first-order valence-corrected chi connectivity index (χ1v) is 8.65. The molecule has 1 aromatic carbocycles. The van der Waals surface area contributed by atoms with Crippen molar-refractivity contribution >= 4 is 16.6 Å². The van der Waals surface area contributed by atoms with Crippen molar-refractivity contribution in [3.8, 4) is 5.75 Å². The van der Waals surface area contributed by atoms with Gasteiger partial charge in [0.1, 0.15) is 5.75 Å². The number of aryl methyl sites for hydroxylation is 1. The largest absolute Gasteiger partial charge is 0.435 e. The lowest BCUT2D eigenvalue weighted by molar-refractivity contribution is -0.0497. The Hall–Kier alpha value is -1.99. The first-order valence-electron chi connectivity index (χ1n) is 8.65. The lowest BCUT2D eigenvalue weighted by Crippen LogP contribution is -2.62. The molecule has 134 valence electrons. The van der Waals surface area contributed by atoms with Gasteiger partial charge < -0.3 is 10.1 Å². The van der Waals surface area contributed by atoms with E-state index in [-0.39, 0.29) is 5.75 Å². The molecule has 3 aliphatic heterocycles. The number of ether oxygens (including phenoxy) is 1. The number of benzene rings is 1. The Morgan fingerprint density at radius 1 is 1.24 bits per heavy atom. The zero-order valence-electron chi connectivity index (χ0n) is 14.2. The molecule has 4 heterocycles. The molecule has 3 fully saturated rings. The Morgan fingerprint density at radius 2 is 2.04 bits per heavy atom. The molecular formula is C18H22F2N4O. The Balaban J connectivity index is 1.57. The molecule has 2 aromatic rings. The summed E-state index contributed by atoms with van der Waals surface area (Å²) >= 11 is 0. The predicted octanol–water partition coefficient (Wildman–Crippen LogP) is 2.56. The van der Waals surface area contributed by atoms with E-state index in [0.29, 0.717) is 6.04 Å². The van der Waals surface area contributed by atoms with Crippen LogP contribution in [0.15, 0.2) is 24.3 Å². The maximum atomic E-state index is 12.5. The lowest BCUT2D eigenvalue weighted by atomic mass is 10.1. The number of rotatable bonds is 5. The van der Waals surface area contributed by atoms with Crippen LogP contribution in [0.1, 0.15) is 5.69 Å². The van der Waals surface area contributed by atoms with Gasteiger partial charge in [0.25, 0.3) is 0 Å². The van der Waals surface area contributed by atoms with Crippen molar-refractivity contribution in [3.05, 3.63) is 30.0 Å². The molecular weight excluding hydrogens is 326 g/mol. The van der Waals surface area contributed by atoms with Gasteiger partial charge in [-0.2, -0.15) is 8.78 Å². The maximum Gasteiger partial charge on any atom is 0.387 e. The molecule has 5 nitrogen and oxygen atoms in total. The fourth-order valence-corrected chi connectivity index (χ4v) is 3.81. The van der Waals surface area contributed by atoms with Crippen LogP contribution in [0.3, 0.4) is 0 Å². The molecule has 1 atom stereocenters. The highest BCUT2D eigenvalue weighted by molar-refractivity contribution is 5.92. The van der Waals surface area contributed by atoms with E-state index in [1.165, 1.54) is 6.07 Å². The van der Waals surface area contributed by atoms with Crippen molar-refractivity contribution in [3.63, 3.8) is 0 Å². The summed E-state index contributed by atoms with van der Waals surface area (Å²) in [6.07, 6.45) is 0. The van der Waals surface area contributed by atoms with Crippen LogP contribution in [0.25, 0.3) is 10.9 Å². The van der Waals surface area contributed by atoms with Crippen LogP contribution in [0.2, 0.25) is 0 Å². The van der Waals surface area contributed by atoms with Gasteiger partial charge in [-0.1, -0.05) is 0 Å². The summed E-state index contributed by atoms with van der Waals surface area (Å²) in [7, 11) is 0. The first-order chi connectivity index (χ1) is 12.1. The standard InChI is InChI=1S/C18H22F2N4O/c1-12-8-17(21-10-13-11-23-4-6-24(13)7-5-23)15-9-14(25-18(19)20)2-3-16(15)22-12/h2-3,8-9,13,18H,4-7,10-11H2,1H3,(H,21,22). The fourth-order valence-electron chi connectivity index (χ4n) is 3.81. The van der Waals surface area contributed by atoms with Crippen LogP contribution in [0, 0.1) is 6.92 Å². The number of aromatic nitrogens is 1. The quantitative estimate of drug-likeness (QED) is 0.899. The normalized spacial score (nSPS) is 25.5. The van der Waals surface area contributed by atoms with Crippen LogP contribution in [0.4, 0.5) is 14.5 Å². The van der Waals surface area contributed by atoms with E-state index >= 15 is 0 Å². The van der Waals surface area contributed by atoms with E-state index in [1.54, 1.807) is 12.1 Å². The van der Waals surface area contributed by atoms with Crippen molar-refractivity contribution < 1.29 is 13.5 Å². The first kappa shape index (κ1) is 16.5. The second-order valence-corrected chi connectivity index (χ2v) is 6.74. The van der Waals surface area contributed by atoms with Gasteiger partial charge in [0.05, 0.1) is 5.52 Å². The molecule has 25 heavy (non-hydrogen) atoms. The van der Waals surface area contributed by atoms with Gasteiger partial charge in [0.2, 0.25) is 0 Å². The SMILES string of the molecule is Cc1cc(NCC2CN3CCN2CC3)c2cc(OC(F)F)ccc2n1. The number of pyridine rings is 1. The van der Waals surface area contributed by atoms with Gasteiger partial charge in [-0.3, -0.25) is 14.8 Å². The third-order valence-corrected chi connectivity index (χ3v) is 5.05. The summed E-state index contributed by atoms with van der Waals surface area (Å²) in [5, 5.41) is 4.32. The summed E-state index contributed by atoms with van der Waals surface area (Å²) in [5.74, 6) is 0.155. The number of hydrogen-bond donors (Lipinski definition) is 1. The van der Waals surface area contributed by atoms with E-state index in [9.17, 15) is 8.78 Å². The minimum absolute atomic E-state index is 0.155. The van der Waals surface area contributed by atoms with E-state index in [4.69, 9.17) is 0 Å². The van der Waals surface area contributed by atoms with Gasteiger partial charge in [-0.05, 0) is 31.2 Å². The number of halogens is 2. The van der Waals surface area contributed by atoms with Crippen molar-refractivity contribution in [1.82, 2.24) is 14.8 Å². The predicted molar refractivity (Wildman–Crippen MR) is 93.4 cm³/mol. The highest BCUT2D eigenvalue weighted by Gasteiger charge is 2.31. The molecule has 0 saturated carbocycles. The minimum Gasteiger partial charge on any atom is -0.435 e. The third-order valence-electron chi connectivity index (χ3n) is 5.05. The average Bonchev–Trinajstić information content (AvgIpc) is 2.60. The smallest absolute Gasteiger partial charge is 0.387 e. The van der Waals surface area contributed by atoms with Gasteiger partial charge in [0.15, 0.2) is 0 Å². The Kier molecular flexibility index (Phi) is 4.43.